The Morgan fingerprint density at radius 2 is 2.15 bits per heavy atom. The Bertz CT molecular complexity index is 338. The van der Waals surface area contributed by atoms with Gasteiger partial charge in [-0.1, -0.05) is 13.8 Å². The predicted molar refractivity (Wildman–Crippen MR) is 49.8 cm³/mol. The van der Waals surface area contributed by atoms with Crippen LogP contribution in [0.1, 0.15) is 37.3 Å². The van der Waals surface area contributed by atoms with E-state index >= 15 is 0 Å². The standard InChI is InChI=1S/C11H12FN/c1-3-8(2)10-4-9(7-13)5-11(12)6-10/h4-6,8H,3H2,1-2H3. The molecule has 1 aromatic carbocycles. The Labute approximate surface area is 77.8 Å². The summed E-state index contributed by atoms with van der Waals surface area (Å²) in [5, 5.41) is 8.62. The van der Waals surface area contributed by atoms with Crippen LogP contribution >= 0.6 is 0 Å². The van der Waals surface area contributed by atoms with Crippen molar-refractivity contribution in [3.05, 3.63) is 35.1 Å². The number of rotatable bonds is 2. The molecule has 2 heteroatoms. The van der Waals surface area contributed by atoms with Crippen LogP contribution < -0.4 is 0 Å². The summed E-state index contributed by atoms with van der Waals surface area (Å²) in [7, 11) is 0. The van der Waals surface area contributed by atoms with Crippen LogP contribution in [0, 0.1) is 17.1 Å². The first-order valence-corrected chi connectivity index (χ1v) is 4.38. The van der Waals surface area contributed by atoms with Crippen LogP contribution in [0.5, 0.6) is 0 Å². The van der Waals surface area contributed by atoms with E-state index in [-0.39, 0.29) is 5.82 Å². The largest absolute Gasteiger partial charge is 0.207 e. The van der Waals surface area contributed by atoms with Crippen molar-refractivity contribution in [3.8, 4) is 6.07 Å². The minimum atomic E-state index is -0.325. The van der Waals surface area contributed by atoms with E-state index in [0.29, 0.717) is 11.5 Å². The van der Waals surface area contributed by atoms with Crippen LogP contribution in [-0.4, -0.2) is 0 Å². The van der Waals surface area contributed by atoms with Crippen molar-refractivity contribution in [1.82, 2.24) is 0 Å². The fourth-order valence-corrected chi connectivity index (χ4v) is 1.20. The van der Waals surface area contributed by atoms with E-state index in [0.717, 1.165) is 12.0 Å². The molecule has 0 aliphatic rings. The number of nitrogens with zero attached hydrogens (tertiary/aromatic N) is 1. The van der Waals surface area contributed by atoms with Crippen molar-refractivity contribution >= 4 is 0 Å². The van der Waals surface area contributed by atoms with Gasteiger partial charge < -0.3 is 0 Å². The SMILES string of the molecule is CCC(C)c1cc(F)cc(C#N)c1. The average Bonchev–Trinajstić information content (AvgIpc) is 2.15. The second-order valence-corrected chi connectivity index (χ2v) is 3.19. The predicted octanol–water partition coefficient (Wildman–Crippen LogP) is 3.21. The molecular weight excluding hydrogens is 165 g/mol. The molecule has 0 spiro atoms. The number of halogens is 1. The molecule has 0 amide bonds. The molecular formula is C11H12FN. The van der Waals surface area contributed by atoms with E-state index in [1.54, 1.807) is 6.07 Å². The van der Waals surface area contributed by atoms with Crippen LogP contribution in [0.25, 0.3) is 0 Å². The molecule has 0 aromatic heterocycles. The minimum absolute atomic E-state index is 0.308. The third-order valence-corrected chi connectivity index (χ3v) is 2.23. The van der Waals surface area contributed by atoms with Gasteiger partial charge >= 0.3 is 0 Å². The lowest BCUT2D eigenvalue weighted by atomic mass is 9.97. The van der Waals surface area contributed by atoms with Crippen LogP contribution in [0.3, 0.4) is 0 Å². The number of hydrogen-bond acceptors (Lipinski definition) is 1. The summed E-state index contributed by atoms with van der Waals surface area (Å²) >= 11 is 0. The van der Waals surface area contributed by atoms with Crippen molar-refractivity contribution in [2.45, 2.75) is 26.2 Å². The zero-order chi connectivity index (χ0) is 9.84. The van der Waals surface area contributed by atoms with Gasteiger partial charge in [0.15, 0.2) is 0 Å². The van der Waals surface area contributed by atoms with Gasteiger partial charge in [0, 0.05) is 0 Å². The molecule has 0 aliphatic carbocycles. The van der Waals surface area contributed by atoms with Crippen molar-refractivity contribution in [1.29, 1.82) is 5.26 Å². The summed E-state index contributed by atoms with van der Waals surface area (Å²) in [4.78, 5) is 0. The summed E-state index contributed by atoms with van der Waals surface area (Å²) in [6.45, 7) is 4.07. The van der Waals surface area contributed by atoms with Crippen LogP contribution in [0.15, 0.2) is 18.2 Å². The normalized spacial score (nSPS) is 12.2. The Balaban J connectivity index is 3.10. The van der Waals surface area contributed by atoms with Gasteiger partial charge in [0.2, 0.25) is 0 Å². The fourth-order valence-electron chi connectivity index (χ4n) is 1.20. The smallest absolute Gasteiger partial charge is 0.124 e. The molecule has 0 N–H and O–H groups in total. The van der Waals surface area contributed by atoms with Gasteiger partial charge in [-0.3, -0.25) is 0 Å². The molecule has 1 nitrogen and oxygen atoms in total. The van der Waals surface area contributed by atoms with E-state index in [2.05, 4.69) is 0 Å². The van der Waals surface area contributed by atoms with Crippen LogP contribution in [0.4, 0.5) is 4.39 Å². The molecule has 1 atom stereocenters. The zero-order valence-electron chi connectivity index (χ0n) is 7.84. The first kappa shape index (κ1) is 9.73. The van der Waals surface area contributed by atoms with Crippen LogP contribution in [0.2, 0.25) is 0 Å². The van der Waals surface area contributed by atoms with Gasteiger partial charge in [0.1, 0.15) is 5.82 Å². The minimum Gasteiger partial charge on any atom is -0.207 e. The highest BCUT2D eigenvalue weighted by molar-refractivity contribution is 5.34. The number of benzene rings is 1. The second-order valence-electron chi connectivity index (χ2n) is 3.19. The Kier molecular flexibility index (Phi) is 3.02. The van der Waals surface area contributed by atoms with E-state index in [9.17, 15) is 4.39 Å². The van der Waals surface area contributed by atoms with Crippen molar-refractivity contribution in [2.24, 2.45) is 0 Å². The topological polar surface area (TPSA) is 23.8 Å². The number of hydrogen-bond donors (Lipinski definition) is 0. The maximum Gasteiger partial charge on any atom is 0.124 e. The highest BCUT2D eigenvalue weighted by Gasteiger charge is 2.05. The monoisotopic (exact) mass is 177 g/mol. The van der Waals surface area contributed by atoms with Crippen molar-refractivity contribution in [2.75, 3.05) is 0 Å². The van der Waals surface area contributed by atoms with Crippen molar-refractivity contribution < 1.29 is 4.39 Å². The van der Waals surface area contributed by atoms with E-state index in [4.69, 9.17) is 5.26 Å². The highest BCUT2D eigenvalue weighted by atomic mass is 19.1. The molecule has 0 fully saturated rings. The van der Waals surface area contributed by atoms with E-state index < -0.39 is 0 Å². The second kappa shape index (κ2) is 4.04. The Morgan fingerprint density at radius 1 is 1.46 bits per heavy atom. The molecule has 1 aromatic rings. The van der Waals surface area contributed by atoms with Gasteiger partial charge in [-0.05, 0) is 36.1 Å². The first-order chi connectivity index (χ1) is 6.17. The van der Waals surface area contributed by atoms with Gasteiger partial charge in [-0.15, -0.1) is 0 Å². The molecule has 1 rings (SSSR count). The molecule has 0 bridgehead atoms. The first-order valence-electron chi connectivity index (χ1n) is 4.38. The molecule has 68 valence electrons. The molecule has 0 radical (unpaired) electrons. The third kappa shape index (κ3) is 2.29. The molecule has 13 heavy (non-hydrogen) atoms. The Morgan fingerprint density at radius 3 is 2.69 bits per heavy atom. The summed E-state index contributed by atoms with van der Waals surface area (Å²) < 4.78 is 13.0. The molecule has 0 saturated heterocycles. The summed E-state index contributed by atoms with van der Waals surface area (Å²) in [6.07, 6.45) is 0.953. The van der Waals surface area contributed by atoms with Gasteiger partial charge in [-0.25, -0.2) is 4.39 Å². The fraction of sp³-hybridized carbons (Fsp3) is 0.364. The van der Waals surface area contributed by atoms with Gasteiger partial charge in [-0.2, -0.15) is 5.26 Å². The lowest BCUT2D eigenvalue weighted by molar-refractivity contribution is 0.619. The number of nitriles is 1. The highest BCUT2D eigenvalue weighted by Crippen LogP contribution is 2.20. The summed E-state index contributed by atoms with van der Waals surface area (Å²) in [5.74, 6) is -0.0165. The lowest BCUT2D eigenvalue weighted by Crippen LogP contribution is -1.93. The molecule has 0 saturated carbocycles. The molecule has 0 heterocycles. The van der Waals surface area contributed by atoms with Gasteiger partial charge in [0.25, 0.3) is 0 Å². The molecule has 0 aliphatic heterocycles. The summed E-state index contributed by atoms with van der Waals surface area (Å²) in [6, 6.07) is 6.45. The molecule has 1 unspecified atom stereocenters. The van der Waals surface area contributed by atoms with E-state index in [1.807, 2.05) is 19.9 Å². The Hall–Kier alpha value is -1.36. The third-order valence-electron chi connectivity index (χ3n) is 2.23. The summed E-state index contributed by atoms with van der Waals surface area (Å²) in [5.41, 5.74) is 1.30. The quantitative estimate of drug-likeness (QED) is 0.680. The average molecular weight is 177 g/mol. The van der Waals surface area contributed by atoms with Crippen molar-refractivity contribution in [3.63, 3.8) is 0 Å². The maximum absolute atomic E-state index is 13.0. The van der Waals surface area contributed by atoms with Crippen LogP contribution in [-0.2, 0) is 0 Å². The lowest BCUT2D eigenvalue weighted by Gasteiger charge is -2.08. The maximum atomic E-state index is 13.0. The van der Waals surface area contributed by atoms with Gasteiger partial charge in [0.05, 0.1) is 11.6 Å². The zero-order valence-corrected chi connectivity index (χ0v) is 7.84. The van der Waals surface area contributed by atoms with E-state index in [1.165, 1.54) is 12.1 Å².